The first-order valence-corrected chi connectivity index (χ1v) is 19.2. The summed E-state index contributed by atoms with van der Waals surface area (Å²) in [5.41, 5.74) is 5.55. The van der Waals surface area contributed by atoms with Gasteiger partial charge in [-0.25, -0.2) is 4.39 Å². The highest BCUT2D eigenvalue weighted by Gasteiger charge is 2.39. The van der Waals surface area contributed by atoms with Crippen molar-refractivity contribution in [1.29, 1.82) is 0 Å². The lowest BCUT2D eigenvalue weighted by Crippen LogP contribution is -2.47. The Morgan fingerprint density at radius 2 is 1.38 bits per heavy atom. The SMILES string of the molecule is COc1cc2c(cc1OC)C(CCCCNC(C)=O)(CCCC(CCCNC(=O)CCc1ccc(F)cc1)(c1ccccc1)c1ccccc1)NCC2. The Morgan fingerprint density at radius 3 is 2.02 bits per heavy atom. The van der Waals surface area contributed by atoms with Crippen molar-refractivity contribution in [3.8, 4) is 11.5 Å². The van der Waals surface area contributed by atoms with E-state index in [1.807, 2.05) is 0 Å². The number of rotatable bonds is 20. The minimum atomic E-state index is -0.270. The first-order chi connectivity index (χ1) is 25.8. The molecule has 282 valence electrons. The topological polar surface area (TPSA) is 88.7 Å². The smallest absolute Gasteiger partial charge is 0.220 e. The fourth-order valence-electron chi connectivity index (χ4n) is 8.18. The van der Waals surface area contributed by atoms with Crippen LogP contribution in [0.1, 0.15) is 92.5 Å². The molecule has 0 fully saturated rings. The van der Waals surface area contributed by atoms with Crippen molar-refractivity contribution in [2.24, 2.45) is 0 Å². The van der Waals surface area contributed by atoms with E-state index in [1.54, 1.807) is 33.3 Å². The van der Waals surface area contributed by atoms with Gasteiger partial charge in [-0.15, -0.1) is 0 Å². The Balaban J connectivity index is 1.37. The van der Waals surface area contributed by atoms with Gasteiger partial charge in [0.2, 0.25) is 11.8 Å². The summed E-state index contributed by atoms with van der Waals surface area (Å²) in [5, 5.41) is 10.1. The van der Waals surface area contributed by atoms with Gasteiger partial charge in [0.15, 0.2) is 11.5 Å². The number of benzene rings is 4. The molecule has 4 aromatic carbocycles. The lowest BCUT2D eigenvalue weighted by Gasteiger charge is -2.43. The van der Waals surface area contributed by atoms with Crippen LogP contribution in [-0.2, 0) is 33.4 Å². The average Bonchev–Trinajstić information content (AvgIpc) is 3.18. The number of carbonyl (C=O) groups is 2. The number of carbonyl (C=O) groups excluding carboxylic acids is 2. The summed E-state index contributed by atoms with van der Waals surface area (Å²) in [4.78, 5) is 24.4. The third-order valence-electron chi connectivity index (χ3n) is 10.9. The number of methoxy groups -OCH3 is 2. The maximum Gasteiger partial charge on any atom is 0.220 e. The number of halogens is 1. The van der Waals surface area contributed by atoms with Crippen LogP contribution in [0.4, 0.5) is 4.39 Å². The zero-order chi connectivity index (χ0) is 37.5. The zero-order valence-electron chi connectivity index (χ0n) is 31.6. The van der Waals surface area contributed by atoms with E-state index in [9.17, 15) is 14.0 Å². The Bertz CT molecular complexity index is 1710. The van der Waals surface area contributed by atoms with E-state index in [0.29, 0.717) is 25.9 Å². The van der Waals surface area contributed by atoms with E-state index in [4.69, 9.17) is 9.47 Å². The van der Waals surface area contributed by atoms with Crippen molar-refractivity contribution >= 4 is 11.8 Å². The molecule has 4 aromatic rings. The first-order valence-electron chi connectivity index (χ1n) is 19.2. The molecular formula is C45H56FN3O4. The van der Waals surface area contributed by atoms with Gasteiger partial charge in [0, 0.05) is 43.9 Å². The number of nitrogens with one attached hydrogen (secondary N) is 3. The Labute approximate surface area is 315 Å². The molecule has 0 bridgehead atoms. The van der Waals surface area contributed by atoms with Gasteiger partial charge in [-0.2, -0.15) is 0 Å². The molecule has 53 heavy (non-hydrogen) atoms. The van der Waals surface area contributed by atoms with Crippen LogP contribution >= 0.6 is 0 Å². The molecule has 1 atom stereocenters. The lowest BCUT2D eigenvalue weighted by molar-refractivity contribution is -0.121. The molecule has 1 unspecified atom stereocenters. The quantitative estimate of drug-likeness (QED) is 0.0802. The number of fused-ring (bicyclic) bond motifs is 1. The molecule has 1 aliphatic heterocycles. The Morgan fingerprint density at radius 1 is 0.774 bits per heavy atom. The van der Waals surface area contributed by atoms with Crippen molar-refractivity contribution in [2.45, 2.75) is 88.5 Å². The van der Waals surface area contributed by atoms with E-state index in [0.717, 1.165) is 81.4 Å². The van der Waals surface area contributed by atoms with Crippen LogP contribution in [0.2, 0.25) is 0 Å². The number of unbranched alkanes of at least 4 members (excludes halogenated alkanes) is 1. The molecule has 0 radical (unpaired) electrons. The van der Waals surface area contributed by atoms with Gasteiger partial charge in [-0.1, -0.05) is 79.2 Å². The predicted molar refractivity (Wildman–Crippen MR) is 210 cm³/mol. The number of amides is 2. The van der Waals surface area contributed by atoms with Crippen LogP contribution in [0.3, 0.4) is 0 Å². The van der Waals surface area contributed by atoms with Crippen molar-refractivity contribution < 1.29 is 23.5 Å². The standard InChI is InChI=1S/C45H56FN3O4/c1-34(50)47-29-11-10-27-45(40-33-42(53-3)41(52-2)32-36(40)24-31-49-45)28-12-25-44(37-14-6-4-7-15-37,38-16-8-5-9-17-38)26-13-30-48-43(51)23-20-35-18-21-39(46)22-19-35/h4-9,14-19,21-22,32-33,49H,10-13,20,23-31H2,1-3H3,(H,47,50)(H,48,51). The molecule has 8 heteroatoms. The van der Waals surface area contributed by atoms with Crippen molar-refractivity contribution in [3.05, 3.63) is 131 Å². The molecule has 7 nitrogen and oxygen atoms in total. The number of hydrogen-bond donors (Lipinski definition) is 3. The zero-order valence-corrected chi connectivity index (χ0v) is 31.6. The second-order valence-electron chi connectivity index (χ2n) is 14.3. The van der Waals surface area contributed by atoms with Crippen molar-refractivity contribution in [2.75, 3.05) is 33.9 Å². The second kappa shape index (κ2) is 19.4. The molecule has 0 aromatic heterocycles. The van der Waals surface area contributed by atoms with E-state index in [-0.39, 0.29) is 28.6 Å². The molecule has 0 spiro atoms. The van der Waals surface area contributed by atoms with Gasteiger partial charge < -0.3 is 25.4 Å². The van der Waals surface area contributed by atoms with Crippen LogP contribution in [0, 0.1) is 5.82 Å². The van der Waals surface area contributed by atoms with Gasteiger partial charge in [0.25, 0.3) is 0 Å². The molecule has 1 aliphatic rings. The largest absolute Gasteiger partial charge is 0.493 e. The van der Waals surface area contributed by atoms with Gasteiger partial charge in [0.05, 0.1) is 14.2 Å². The first kappa shape index (κ1) is 39.5. The van der Waals surface area contributed by atoms with Gasteiger partial charge >= 0.3 is 0 Å². The maximum atomic E-state index is 13.3. The second-order valence-corrected chi connectivity index (χ2v) is 14.3. The normalized spacial score (nSPS) is 15.3. The number of hydrogen-bond acceptors (Lipinski definition) is 5. The monoisotopic (exact) mass is 721 g/mol. The van der Waals surface area contributed by atoms with Crippen LogP contribution < -0.4 is 25.4 Å². The van der Waals surface area contributed by atoms with Crippen LogP contribution in [0.15, 0.2) is 97.1 Å². The van der Waals surface area contributed by atoms with Gasteiger partial charge in [0.1, 0.15) is 5.82 Å². The van der Waals surface area contributed by atoms with Gasteiger partial charge in [-0.3, -0.25) is 9.59 Å². The predicted octanol–water partition coefficient (Wildman–Crippen LogP) is 8.18. The van der Waals surface area contributed by atoms with Gasteiger partial charge in [-0.05, 0) is 110 Å². The fraction of sp³-hybridized carbons (Fsp3) is 0.422. The Kier molecular flexibility index (Phi) is 14.5. The minimum absolute atomic E-state index is 0.000379. The third kappa shape index (κ3) is 10.5. The maximum absolute atomic E-state index is 13.3. The highest BCUT2D eigenvalue weighted by molar-refractivity contribution is 5.76. The molecule has 0 aliphatic carbocycles. The molecule has 5 rings (SSSR count). The molecule has 0 saturated carbocycles. The Hall–Kier alpha value is -4.69. The summed E-state index contributed by atoms with van der Waals surface area (Å²) >= 11 is 0. The molecule has 1 heterocycles. The van der Waals surface area contributed by atoms with Crippen LogP contribution in [-0.4, -0.2) is 45.7 Å². The minimum Gasteiger partial charge on any atom is -0.493 e. The summed E-state index contributed by atoms with van der Waals surface area (Å²) in [6, 6.07) is 32.3. The summed E-state index contributed by atoms with van der Waals surface area (Å²) in [6.07, 6.45) is 9.16. The number of ether oxygens (including phenoxy) is 2. The van der Waals surface area contributed by atoms with Crippen LogP contribution in [0.5, 0.6) is 11.5 Å². The highest BCUT2D eigenvalue weighted by atomic mass is 19.1. The van der Waals surface area contributed by atoms with Crippen LogP contribution in [0.25, 0.3) is 0 Å². The van der Waals surface area contributed by atoms with E-state index in [2.05, 4.69) is 88.7 Å². The summed E-state index contributed by atoms with van der Waals surface area (Å²) in [7, 11) is 3.38. The van der Waals surface area contributed by atoms with E-state index < -0.39 is 0 Å². The summed E-state index contributed by atoms with van der Waals surface area (Å²) in [5.74, 6) is 1.23. The summed E-state index contributed by atoms with van der Waals surface area (Å²) in [6.45, 7) is 3.68. The van der Waals surface area contributed by atoms with Crippen molar-refractivity contribution in [1.82, 2.24) is 16.0 Å². The highest BCUT2D eigenvalue weighted by Crippen LogP contribution is 2.46. The third-order valence-corrected chi connectivity index (χ3v) is 10.9. The lowest BCUT2D eigenvalue weighted by atomic mass is 9.67. The number of aryl methyl sites for hydroxylation is 1. The molecule has 0 saturated heterocycles. The molecule has 3 N–H and O–H groups in total. The average molecular weight is 722 g/mol. The van der Waals surface area contributed by atoms with E-state index >= 15 is 0 Å². The molecule has 2 amide bonds. The van der Waals surface area contributed by atoms with E-state index in [1.165, 1.54) is 34.4 Å². The summed E-state index contributed by atoms with van der Waals surface area (Å²) < 4.78 is 24.8. The fourth-order valence-corrected chi connectivity index (χ4v) is 8.18. The molecular weight excluding hydrogens is 666 g/mol. The van der Waals surface area contributed by atoms with Crippen molar-refractivity contribution in [3.63, 3.8) is 0 Å².